The molecule has 0 aliphatic carbocycles. The van der Waals surface area contributed by atoms with Gasteiger partial charge in [0.1, 0.15) is 0 Å². The van der Waals surface area contributed by atoms with Crippen molar-refractivity contribution >= 4 is 11.6 Å². The Morgan fingerprint density at radius 3 is 2.83 bits per heavy atom. The number of benzene rings is 1. The SMILES string of the molecule is COC(=O)c1cc2[nH]nc(-c3ccccc3)n2n1. The fourth-order valence-electron chi connectivity index (χ4n) is 1.76. The molecule has 18 heavy (non-hydrogen) atoms. The fraction of sp³-hybridized carbons (Fsp3) is 0.0833. The maximum absolute atomic E-state index is 11.4. The lowest BCUT2D eigenvalue weighted by Crippen LogP contribution is -2.02. The zero-order valence-corrected chi connectivity index (χ0v) is 9.62. The van der Waals surface area contributed by atoms with Crippen molar-refractivity contribution in [3.05, 3.63) is 42.1 Å². The van der Waals surface area contributed by atoms with Gasteiger partial charge in [0.25, 0.3) is 0 Å². The Labute approximate surface area is 102 Å². The van der Waals surface area contributed by atoms with E-state index in [0.29, 0.717) is 11.5 Å². The summed E-state index contributed by atoms with van der Waals surface area (Å²) in [5, 5.41) is 11.2. The number of nitrogens with zero attached hydrogens (tertiary/aromatic N) is 3. The lowest BCUT2D eigenvalue weighted by molar-refractivity contribution is 0.0593. The molecule has 6 nitrogen and oxygen atoms in total. The van der Waals surface area contributed by atoms with Crippen LogP contribution in [0.1, 0.15) is 10.5 Å². The average Bonchev–Trinajstić information content (AvgIpc) is 2.98. The monoisotopic (exact) mass is 242 g/mol. The van der Waals surface area contributed by atoms with E-state index in [1.54, 1.807) is 10.6 Å². The summed E-state index contributed by atoms with van der Waals surface area (Å²) in [4.78, 5) is 11.4. The summed E-state index contributed by atoms with van der Waals surface area (Å²) < 4.78 is 6.22. The van der Waals surface area contributed by atoms with Crippen molar-refractivity contribution in [2.24, 2.45) is 0 Å². The molecule has 0 radical (unpaired) electrons. The number of fused-ring (bicyclic) bond motifs is 1. The smallest absolute Gasteiger partial charge is 0.358 e. The number of carbonyl (C=O) groups is 1. The van der Waals surface area contributed by atoms with Crippen LogP contribution < -0.4 is 0 Å². The molecule has 3 rings (SSSR count). The number of H-pyrrole nitrogens is 1. The zero-order valence-electron chi connectivity index (χ0n) is 9.62. The van der Waals surface area contributed by atoms with E-state index in [0.717, 1.165) is 5.56 Å². The number of aromatic nitrogens is 4. The van der Waals surface area contributed by atoms with E-state index in [1.807, 2.05) is 30.3 Å². The third-order valence-corrected chi connectivity index (χ3v) is 2.61. The first kappa shape index (κ1) is 10.5. The van der Waals surface area contributed by atoms with Gasteiger partial charge in [0.15, 0.2) is 17.2 Å². The molecular weight excluding hydrogens is 232 g/mol. The van der Waals surface area contributed by atoms with Crippen LogP contribution in [0, 0.1) is 0 Å². The molecule has 0 aliphatic heterocycles. The highest BCUT2D eigenvalue weighted by Gasteiger charge is 2.15. The average molecular weight is 242 g/mol. The molecule has 2 aromatic heterocycles. The number of hydrogen-bond acceptors (Lipinski definition) is 4. The molecule has 1 N–H and O–H groups in total. The number of carbonyl (C=O) groups excluding carboxylic acids is 1. The summed E-state index contributed by atoms with van der Waals surface area (Å²) in [6, 6.07) is 11.2. The van der Waals surface area contributed by atoms with Gasteiger partial charge in [0.05, 0.1) is 7.11 Å². The summed E-state index contributed by atoms with van der Waals surface area (Å²) in [6.07, 6.45) is 0. The first-order valence-corrected chi connectivity index (χ1v) is 5.37. The molecule has 0 amide bonds. The number of ether oxygens (including phenoxy) is 1. The molecule has 3 aromatic rings. The predicted molar refractivity (Wildman–Crippen MR) is 64.1 cm³/mol. The largest absolute Gasteiger partial charge is 0.464 e. The third-order valence-electron chi connectivity index (χ3n) is 2.61. The van der Waals surface area contributed by atoms with Gasteiger partial charge in [-0.05, 0) is 0 Å². The summed E-state index contributed by atoms with van der Waals surface area (Å²) in [5.41, 5.74) is 1.82. The Kier molecular flexibility index (Phi) is 2.33. The lowest BCUT2D eigenvalue weighted by Gasteiger charge is -1.96. The molecule has 2 heterocycles. The molecule has 1 aromatic carbocycles. The molecule has 0 aliphatic rings. The topological polar surface area (TPSA) is 72.3 Å². The standard InChI is InChI=1S/C12H10N4O2/c1-18-12(17)9-7-10-13-14-11(16(10)15-9)8-5-3-2-4-6-8/h2-7,13H,1H3. The van der Waals surface area contributed by atoms with Crippen LogP contribution in [0.2, 0.25) is 0 Å². The van der Waals surface area contributed by atoms with Crippen LogP contribution in [0.3, 0.4) is 0 Å². The molecule has 0 fully saturated rings. The minimum Gasteiger partial charge on any atom is -0.464 e. The third kappa shape index (κ3) is 1.55. The second-order valence-electron chi connectivity index (χ2n) is 3.73. The van der Waals surface area contributed by atoms with Crippen molar-refractivity contribution in [3.8, 4) is 11.4 Å². The second kappa shape index (κ2) is 3.99. The van der Waals surface area contributed by atoms with Crippen molar-refractivity contribution in [1.82, 2.24) is 19.8 Å². The Morgan fingerprint density at radius 1 is 1.33 bits per heavy atom. The molecule has 0 atom stereocenters. The number of methoxy groups -OCH3 is 1. The zero-order chi connectivity index (χ0) is 12.5. The predicted octanol–water partition coefficient (Wildman–Crippen LogP) is 1.51. The van der Waals surface area contributed by atoms with Crippen LogP contribution in [0.5, 0.6) is 0 Å². The van der Waals surface area contributed by atoms with E-state index in [4.69, 9.17) is 0 Å². The van der Waals surface area contributed by atoms with Crippen LogP contribution in [0.4, 0.5) is 0 Å². The van der Waals surface area contributed by atoms with E-state index >= 15 is 0 Å². The number of rotatable bonds is 2. The van der Waals surface area contributed by atoms with Gasteiger partial charge in [-0.3, -0.25) is 5.10 Å². The Bertz CT molecular complexity index is 699. The minimum atomic E-state index is -0.467. The maximum atomic E-state index is 11.4. The molecule has 0 unspecified atom stereocenters. The van der Waals surface area contributed by atoms with Gasteiger partial charge in [-0.2, -0.15) is 14.7 Å². The van der Waals surface area contributed by atoms with Gasteiger partial charge in [0, 0.05) is 11.6 Å². The van der Waals surface area contributed by atoms with Gasteiger partial charge < -0.3 is 4.74 Å². The number of hydrogen-bond donors (Lipinski definition) is 1. The van der Waals surface area contributed by atoms with Crippen LogP contribution in [-0.4, -0.2) is 32.9 Å². The first-order valence-electron chi connectivity index (χ1n) is 5.37. The molecule has 0 spiro atoms. The normalized spacial score (nSPS) is 10.7. The molecule has 0 bridgehead atoms. The highest BCUT2D eigenvalue weighted by molar-refractivity contribution is 5.88. The molecular formula is C12H10N4O2. The van der Waals surface area contributed by atoms with Gasteiger partial charge in [-0.15, -0.1) is 0 Å². The van der Waals surface area contributed by atoms with Crippen molar-refractivity contribution < 1.29 is 9.53 Å². The summed E-state index contributed by atoms with van der Waals surface area (Å²) in [7, 11) is 1.33. The molecule has 6 heteroatoms. The van der Waals surface area contributed by atoms with Crippen molar-refractivity contribution in [1.29, 1.82) is 0 Å². The van der Waals surface area contributed by atoms with Crippen molar-refractivity contribution in [3.63, 3.8) is 0 Å². The lowest BCUT2D eigenvalue weighted by atomic mass is 10.2. The maximum Gasteiger partial charge on any atom is 0.358 e. The van der Waals surface area contributed by atoms with E-state index in [2.05, 4.69) is 20.0 Å². The molecule has 90 valence electrons. The Morgan fingerprint density at radius 2 is 2.11 bits per heavy atom. The van der Waals surface area contributed by atoms with E-state index in [9.17, 15) is 4.79 Å². The summed E-state index contributed by atoms with van der Waals surface area (Å²) >= 11 is 0. The highest BCUT2D eigenvalue weighted by atomic mass is 16.5. The number of esters is 1. The molecule has 0 saturated carbocycles. The van der Waals surface area contributed by atoms with Gasteiger partial charge >= 0.3 is 5.97 Å². The van der Waals surface area contributed by atoms with Crippen molar-refractivity contribution in [2.45, 2.75) is 0 Å². The second-order valence-corrected chi connectivity index (χ2v) is 3.73. The summed E-state index contributed by atoms with van der Waals surface area (Å²) in [5.74, 6) is 0.187. The first-order chi connectivity index (χ1) is 8.79. The Balaban J connectivity index is 2.14. The quantitative estimate of drug-likeness (QED) is 0.691. The van der Waals surface area contributed by atoms with E-state index in [-0.39, 0.29) is 5.69 Å². The number of nitrogens with one attached hydrogen (secondary N) is 1. The highest BCUT2D eigenvalue weighted by Crippen LogP contribution is 2.18. The van der Waals surface area contributed by atoms with Gasteiger partial charge in [0.2, 0.25) is 0 Å². The van der Waals surface area contributed by atoms with Gasteiger partial charge in [-0.25, -0.2) is 4.79 Å². The van der Waals surface area contributed by atoms with Crippen LogP contribution in [0.15, 0.2) is 36.4 Å². The van der Waals surface area contributed by atoms with E-state index < -0.39 is 5.97 Å². The van der Waals surface area contributed by atoms with Crippen LogP contribution in [0.25, 0.3) is 17.0 Å². The Hall–Kier alpha value is -2.63. The van der Waals surface area contributed by atoms with Crippen LogP contribution >= 0.6 is 0 Å². The fourth-order valence-corrected chi connectivity index (χ4v) is 1.76. The van der Waals surface area contributed by atoms with Crippen molar-refractivity contribution in [2.75, 3.05) is 7.11 Å². The van der Waals surface area contributed by atoms with Gasteiger partial charge in [-0.1, -0.05) is 30.3 Å². The number of aromatic amines is 1. The van der Waals surface area contributed by atoms with E-state index in [1.165, 1.54) is 7.11 Å². The van der Waals surface area contributed by atoms with Crippen LogP contribution in [-0.2, 0) is 4.74 Å². The summed E-state index contributed by atoms with van der Waals surface area (Å²) in [6.45, 7) is 0. The molecule has 0 saturated heterocycles. The minimum absolute atomic E-state index is 0.253.